The van der Waals surface area contributed by atoms with Crippen molar-refractivity contribution in [1.82, 2.24) is 9.97 Å². The van der Waals surface area contributed by atoms with Crippen LogP contribution in [0.5, 0.6) is 0 Å². The fourth-order valence-electron chi connectivity index (χ4n) is 9.53. The van der Waals surface area contributed by atoms with Crippen LogP contribution in [0.1, 0.15) is 103 Å². The quantitative estimate of drug-likeness (QED) is 0.142. The van der Waals surface area contributed by atoms with Crippen LogP contribution >= 0.6 is 0 Å². The molecule has 1 aliphatic rings. The molecule has 1 saturated carbocycles. The van der Waals surface area contributed by atoms with Gasteiger partial charge in [0.2, 0.25) is 0 Å². The van der Waals surface area contributed by atoms with Crippen LogP contribution in [0.3, 0.4) is 0 Å². The van der Waals surface area contributed by atoms with Crippen LogP contribution in [-0.2, 0) is 20.1 Å². The third-order valence-electron chi connectivity index (χ3n) is 13.4. The van der Waals surface area contributed by atoms with Crippen molar-refractivity contribution in [2.45, 2.75) is 85.0 Å². The van der Waals surface area contributed by atoms with Crippen LogP contribution in [0, 0.1) is 17.5 Å². The second kappa shape index (κ2) is 19.4. The normalized spacial score (nSPS) is 14.5. The Morgan fingerprint density at radius 3 is 2.01 bits per heavy atom. The van der Waals surface area contributed by atoms with E-state index in [1.165, 1.54) is 27.8 Å². The predicted molar refractivity (Wildman–Crippen MR) is 274 cm³/mol. The zero-order chi connectivity index (χ0) is 46.3. The number of hydrogen-bond donors (Lipinski definition) is 0. The van der Waals surface area contributed by atoms with Crippen molar-refractivity contribution in [3.05, 3.63) is 193 Å². The van der Waals surface area contributed by atoms with Crippen LogP contribution in [0.4, 0.5) is 0 Å². The molecule has 0 aliphatic heterocycles. The van der Waals surface area contributed by atoms with Gasteiger partial charge in [0.05, 0.1) is 11.1 Å². The van der Waals surface area contributed by atoms with Crippen LogP contribution in [-0.4, -0.2) is 9.97 Å². The fourth-order valence-corrected chi connectivity index (χ4v) is 9.53. The fraction of sp³-hybridized carbons (Fsp3) is 0.226. The number of benzene rings is 7. The van der Waals surface area contributed by atoms with E-state index in [1.807, 2.05) is 60.7 Å². The Morgan fingerprint density at radius 2 is 1.33 bits per heavy atom. The van der Waals surface area contributed by atoms with E-state index in [0.29, 0.717) is 11.3 Å². The molecule has 1 aliphatic carbocycles. The first-order valence-corrected chi connectivity index (χ1v) is 23.4. The minimum absolute atomic E-state index is 0. The van der Waals surface area contributed by atoms with Gasteiger partial charge in [-0.3, -0.25) is 4.98 Å². The van der Waals surface area contributed by atoms with Gasteiger partial charge in [0.25, 0.3) is 0 Å². The summed E-state index contributed by atoms with van der Waals surface area (Å²) in [7, 11) is 0. The van der Waals surface area contributed by atoms with E-state index in [2.05, 4.69) is 156 Å². The van der Waals surface area contributed by atoms with Crippen molar-refractivity contribution >= 4 is 33.0 Å². The molecule has 7 aromatic carbocycles. The van der Waals surface area contributed by atoms with Gasteiger partial charge in [0, 0.05) is 38.6 Å². The average Bonchev–Trinajstić information content (AvgIpc) is 3.98. The molecular formula is C62H56IrN2O2-2. The summed E-state index contributed by atoms with van der Waals surface area (Å²) in [6.45, 7) is 13.8. The van der Waals surface area contributed by atoms with Crippen LogP contribution in [0.2, 0.25) is 0 Å². The monoisotopic (exact) mass is 1050 g/mol. The van der Waals surface area contributed by atoms with E-state index in [9.17, 15) is 1.37 Å². The molecule has 11 rings (SSSR count). The van der Waals surface area contributed by atoms with Crippen LogP contribution in [0.15, 0.2) is 173 Å². The Balaban J connectivity index is 0.000000386. The summed E-state index contributed by atoms with van der Waals surface area (Å²) >= 11 is 0. The Kier molecular flexibility index (Phi) is 12.9. The van der Waals surface area contributed by atoms with Gasteiger partial charge in [-0.1, -0.05) is 150 Å². The van der Waals surface area contributed by atoms with Gasteiger partial charge in [-0.2, -0.15) is 0 Å². The number of fused-ring (bicyclic) bond motifs is 4. The van der Waals surface area contributed by atoms with Gasteiger partial charge in [0.15, 0.2) is 0 Å². The largest absolute Gasteiger partial charge is 0.500 e. The Hall–Kier alpha value is -6.39. The van der Waals surface area contributed by atoms with E-state index < -0.39 is 5.89 Å². The molecule has 0 spiro atoms. The minimum Gasteiger partial charge on any atom is -0.500 e. The standard InChI is InChI=1S/C51H48NO2.C11H8N.Ir/c1-31(2)43-28-38(35-20-18-34(19-21-35)36-24-26-51(5,6)27-25-36)29-44(32(3)4)47(43)41-15-11-17-45-49(41)54-50(52-45)42-16-10-14-40-39-23-22-37(30-46(39)53-48(40)42)33-12-8-7-9-13-33;1-2-6-10(7-3-1)11-8-4-5-9-12-11;/h7-15,17-23,28-32,36H,24-27H2,1-6H3;1-6,8-9H;/q2*-1;/i36D;;. The topological polar surface area (TPSA) is 52.1 Å². The molecule has 3 heterocycles. The van der Waals surface area contributed by atoms with Gasteiger partial charge in [0.1, 0.15) is 17.1 Å². The number of furan rings is 1. The number of nitrogens with zero attached hydrogens (tertiary/aromatic N) is 2. The summed E-state index contributed by atoms with van der Waals surface area (Å²) in [6.07, 6.45) is 5.81. The van der Waals surface area contributed by atoms with Gasteiger partial charge in [-0.25, -0.2) is 0 Å². The third-order valence-corrected chi connectivity index (χ3v) is 13.4. The number of aromatic nitrogens is 2. The first-order chi connectivity index (χ1) is 32.4. The van der Waals surface area contributed by atoms with E-state index in [1.54, 1.807) is 6.20 Å². The minimum atomic E-state index is -0.502. The molecule has 67 heavy (non-hydrogen) atoms. The Bertz CT molecular complexity index is 3260. The number of hydrogen-bond acceptors (Lipinski definition) is 4. The summed E-state index contributed by atoms with van der Waals surface area (Å²) in [4.78, 5) is 9.27. The SMILES string of the molecule is [2H]C1(c2ccc(-c3cc(C(C)C)c(-c4cccc5nc(-c6[c-]ccc7c6oc6cc(-c8ccccc8)ccc67)oc45)c(C(C)C)c3)cc2)CCC(C)(C)CC1.[Ir].[c-]1ccccc1-c1ccccn1. The maximum Gasteiger partial charge on any atom is 0.149 e. The van der Waals surface area contributed by atoms with Crippen molar-refractivity contribution in [2.75, 3.05) is 0 Å². The number of rotatable bonds is 8. The average molecular weight is 1050 g/mol. The molecule has 0 N–H and O–H groups in total. The van der Waals surface area contributed by atoms with Crippen molar-refractivity contribution in [2.24, 2.45) is 5.41 Å². The number of oxazole rings is 1. The van der Waals surface area contributed by atoms with Crippen molar-refractivity contribution in [3.8, 4) is 56.1 Å². The molecule has 0 amide bonds. The van der Waals surface area contributed by atoms with E-state index in [-0.39, 0.29) is 31.9 Å². The smallest absolute Gasteiger partial charge is 0.149 e. The van der Waals surface area contributed by atoms with Gasteiger partial charge >= 0.3 is 0 Å². The second-order valence-corrected chi connectivity index (χ2v) is 19.1. The van der Waals surface area contributed by atoms with Crippen LogP contribution in [0.25, 0.3) is 89.1 Å². The summed E-state index contributed by atoms with van der Waals surface area (Å²) < 4.78 is 22.7. The zero-order valence-electron chi connectivity index (χ0n) is 40.1. The molecule has 0 bridgehead atoms. The van der Waals surface area contributed by atoms with Gasteiger partial charge in [-0.05, 0) is 123 Å². The van der Waals surface area contributed by atoms with E-state index in [4.69, 9.17) is 13.8 Å². The predicted octanol–water partition coefficient (Wildman–Crippen LogP) is 17.7. The molecule has 5 heteroatoms. The summed E-state index contributed by atoms with van der Waals surface area (Å²) in [6, 6.07) is 60.9. The molecule has 1 fully saturated rings. The Labute approximate surface area is 410 Å². The van der Waals surface area contributed by atoms with Gasteiger partial charge < -0.3 is 13.8 Å². The Morgan fingerprint density at radius 1 is 0.627 bits per heavy atom. The first-order valence-electron chi connectivity index (χ1n) is 23.9. The van der Waals surface area contributed by atoms with Crippen molar-refractivity contribution in [3.63, 3.8) is 0 Å². The molecule has 1 radical (unpaired) electrons. The first kappa shape index (κ1) is 44.4. The molecule has 4 nitrogen and oxygen atoms in total. The molecule has 0 saturated heterocycles. The molecule has 3 aromatic heterocycles. The van der Waals surface area contributed by atoms with Crippen molar-refractivity contribution < 1.29 is 30.3 Å². The summed E-state index contributed by atoms with van der Waals surface area (Å²) in [5, 5.41) is 2.07. The maximum absolute atomic E-state index is 9.32. The summed E-state index contributed by atoms with van der Waals surface area (Å²) in [5.74, 6) is 0.533. The molecule has 0 atom stereocenters. The third kappa shape index (κ3) is 9.46. The van der Waals surface area contributed by atoms with Crippen molar-refractivity contribution in [1.29, 1.82) is 0 Å². The van der Waals surface area contributed by atoms with E-state index >= 15 is 0 Å². The molecule has 0 unspecified atom stereocenters. The zero-order valence-corrected chi connectivity index (χ0v) is 41.5. The second-order valence-electron chi connectivity index (χ2n) is 19.1. The number of para-hydroxylation sites is 1. The van der Waals surface area contributed by atoms with Crippen LogP contribution < -0.4 is 0 Å². The molecule has 10 aromatic rings. The number of pyridine rings is 1. The molecule has 337 valence electrons. The van der Waals surface area contributed by atoms with E-state index in [0.717, 1.165) is 97.8 Å². The van der Waals surface area contributed by atoms with Gasteiger partial charge in [-0.15, -0.1) is 54.1 Å². The molecular weight excluding hydrogens is 997 g/mol. The summed E-state index contributed by atoms with van der Waals surface area (Å²) in [5.41, 5.74) is 16.8. The maximum atomic E-state index is 9.32.